The molecule has 1 aromatic heterocycles. The van der Waals surface area contributed by atoms with Crippen LogP contribution in [0.25, 0.3) is 0 Å². The van der Waals surface area contributed by atoms with Crippen molar-refractivity contribution in [2.45, 2.75) is 44.8 Å². The fourth-order valence-corrected chi connectivity index (χ4v) is 4.52. The number of anilines is 1. The minimum atomic E-state index is -0.237. The lowest BCUT2D eigenvalue weighted by molar-refractivity contribution is -0.117. The molecule has 2 aromatic rings. The molecule has 1 aliphatic carbocycles. The van der Waals surface area contributed by atoms with Gasteiger partial charge in [-0.25, -0.2) is 9.98 Å². The fourth-order valence-electron chi connectivity index (χ4n) is 4.52. The molecule has 134 valence electrons. The largest absolute Gasteiger partial charge is 0.340 e. The SMILES string of the molecule is Cc1nc2c(n1Cc1ccccc1)CN(C)C1=NC3(CCC(=O)C3)CN12. The van der Waals surface area contributed by atoms with Gasteiger partial charge in [0.15, 0.2) is 5.82 Å². The topological polar surface area (TPSA) is 53.7 Å². The third-order valence-corrected chi connectivity index (χ3v) is 5.84. The first-order chi connectivity index (χ1) is 12.5. The molecule has 2 aliphatic heterocycles. The van der Waals surface area contributed by atoms with Crippen LogP contribution in [0.5, 0.6) is 0 Å². The van der Waals surface area contributed by atoms with Crippen molar-refractivity contribution < 1.29 is 4.79 Å². The summed E-state index contributed by atoms with van der Waals surface area (Å²) in [5.41, 5.74) is 2.27. The molecule has 0 N–H and O–H groups in total. The van der Waals surface area contributed by atoms with Gasteiger partial charge in [0.05, 0.1) is 24.3 Å². The molecule has 3 aliphatic rings. The average Bonchev–Trinajstić information content (AvgIpc) is 3.27. The average molecular weight is 349 g/mol. The van der Waals surface area contributed by atoms with E-state index in [0.717, 1.165) is 43.7 Å². The number of hydrogen-bond donors (Lipinski definition) is 0. The van der Waals surface area contributed by atoms with Gasteiger partial charge in [-0.3, -0.25) is 9.69 Å². The summed E-state index contributed by atoms with van der Waals surface area (Å²) in [5.74, 6) is 3.35. The lowest BCUT2D eigenvalue weighted by Gasteiger charge is -2.33. The van der Waals surface area contributed by atoms with E-state index >= 15 is 0 Å². The highest BCUT2D eigenvalue weighted by atomic mass is 16.1. The number of imidazole rings is 1. The molecule has 1 spiro atoms. The standard InChI is InChI=1S/C20H23N5O/c1-14-21-18-17(24(14)11-15-6-4-3-5-7-15)12-23(2)19-22-20(13-25(18)19)9-8-16(26)10-20/h3-7H,8-13H2,1-2H3. The van der Waals surface area contributed by atoms with E-state index in [-0.39, 0.29) is 5.54 Å². The molecule has 1 aromatic carbocycles. The van der Waals surface area contributed by atoms with Gasteiger partial charge in [-0.2, -0.15) is 0 Å². The Morgan fingerprint density at radius 1 is 1.23 bits per heavy atom. The van der Waals surface area contributed by atoms with Crippen LogP contribution in [0.1, 0.15) is 36.3 Å². The summed E-state index contributed by atoms with van der Waals surface area (Å²) >= 11 is 0. The summed E-state index contributed by atoms with van der Waals surface area (Å²) < 4.78 is 2.31. The van der Waals surface area contributed by atoms with Crippen LogP contribution in [-0.2, 0) is 17.9 Å². The smallest absolute Gasteiger partial charge is 0.203 e. The van der Waals surface area contributed by atoms with E-state index in [1.807, 2.05) is 6.07 Å². The minimum absolute atomic E-state index is 0.237. The van der Waals surface area contributed by atoms with Crippen molar-refractivity contribution in [1.29, 1.82) is 0 Å². The number of rotatable bonds is 2. The maximum atomic E-state index is 11.9. The number of benzene rings is 1. The molecule has 0 radical (unpaired) electrons. The summed E-state index contributed by atoms with van der Waals surface area (Å²) in [5, 5.41) is 0. The van der Waals surface area contributed by atoms with Gasteiger partial charge in [0, 0.05) is 26.4 Å². The molecule has 6 nitrogen and oxygen atoms in total. The predicted molar refractivity (Wildman–Crippen MR) is 100 cm³/mol. The quantitative estimate of drug-likeness (QED) is 0.835. The first-order valence-electron chi connectivity index (χ1n) is 9.25. The molecule has 0 bridgehead atoms. The van der Waals surface area contributed by atoms with E-state index < -0.39 is 0 Å². The van der Waals surface area contributed by atoms with E-state index in [2.05, 4.69) is 52.6 Å². The monoisotopic (exact) mass is 349 g/mol. The van der Waals surface area contributed by atoms with Crippen LogP contribution < -0.4 is 4.90 Å². The number of aromatic nitrogens is 2. The molecule has 26 heavy (non-hydrogen) atoms. The number of fused-ring (bicyclic) bond motifs is 3. The lowest BCUT2D eigenvalue weighted by atomic mass is 9.99. The van der Waals surface area contributed by atoms with E-state index in [0.29, 0.717) is 18.6 Å². The number of ketones is 1. The summed E-state index contributed by atoms with van der Waals surface area (Å²) in [6.07, 6.45) is 2.08. The van der Waals surface area contributed by atoms with Crippen molar-refractivity contribution in [3.63, 3.8) is 0 Å². The molecule has 0 amide bonds. The first kappa shape index (κ1) is 15.6. The second kappa shape index (κ2) is 5.43. The van der Waals surface area contributed by atoms with Gasteiger partial charge in [-0.15, -0.1) is 0 Å². The fraction of sp³-hybridized carbons (Fsp3) is 0.450. The van der Waals surface area contributed by atoms with Gasteiger partial charge in [-0.1, -0.05) is 30.3 Å². The number of aryl methyl sites for hydroxylation is 1. The predicted octanol–water partition coefficient (Wildman–Crippen LogP) is 2.35. The second-order valence-electron chi connectivity index (χ2n) is 7.79. The minimum Gasteiger partial charge on any atom is -0.340 e. The highest BCUT2D eigenvalue weighted by molar-refractivity contribution is 6.00. The van der Waals surface area contributed by atoms with Crippen molar-refractivity contribution in [3.05, 3.63) is 47.4 Å². The maximum Gasteiger partial charge on any atom is 0.203 e. The highest BCUT2D eigenvalue weighted by Crippen LogP contribution is 2.41. The summed E-state index contributed by atoms with van der Waals surface area (Å²) in [4.78, 5) is 26.2. The van der Waals surface area contributed by atoms with E-state index in [1.54, 1.807) is 0 Å². The number of carbonyl (C=O) groups excluding carboxylic acids is 1. The van der Waals surface area contributed by atoms with Gasteiger partial charge >= 0.3 is 0 Å². The first-order valence-corrected chi connectivity index (χ1v) is 9.25. The van der Waals surface area contributed by atoms with Gasteiger partial charge < -0.3 is 9.47 Å². The Morgan fingerprint density at radius 3 is 2.77 bits per heavy atom. The third kappa shape index (κ3) is 2.28. The maximum absolute atomic E-state index is 11.9. The zero-order chi connectivity index (χ0) is 17.9. The Bertz CT molecular complexity index is 916. The molecule has 1 saturated carbocycles. The number of aliphatic imine (C=N–C) groups is 1. The van der Waals surface area contributed by atoms with Crippen LogP contribution in [0.15, 0.2) is 35.3 Å². The molecule has 1 atom stereocenters. The van der Waals surface area contributed by atoms with Gasteiger partial charge in [0.25, 0.3) is 0 Å². The van der Waals surface area contributed by atoms with Crippen molar-refractivity contribution >= 4 is 17.6 Å². The molecular formula is C20H23N5O. The van der Waals surface area contributed by atoms with Crippen molar-refractivity contribution in [2.75, 3.05) is 18.5 Å². The molecule has 0 saturated heterocycles. The number of hydrogen-bond acceptors (Lipinski definition) is 5. The molecule has 3 heterocycles. The van der Waals surface area contributed by atoms with Gasteiger partial charge in [-0.05, 0) is 18.9 Å². The second-order valence-corrected chi connectivity index (χ2v) is 7.79. The summed E-state index contributed by atoms with van der Waals surface area (Å²) in [7, 11) is 2.08. The van der Waals surface area contributed by atoms with Crippen LogP contribution in [0.2, 0.25) is 0 Å². The molecular weight excluding hydrogens is 326 g/mol. The van der Waals surface area contributed by atoms with Gasteiger partial charge in [0.2, 0.25) is 5.96 Å². The Balaban J connectivity index is 1.53. The highest BCUT2D eigenvalue weighted by Gasteiger charge is 2.48. The summed E-state index contributed by atoms with van der Waals surface area (Å²) in [6, 6.07) is 10.5. The Morgan fingerprint density at radius 2 is 2.04 bits per heavy atom. The van der Waals surface area contributed by atoms with Crippen molar-refractivity contribution in [3.8, 4) is 0 Å². The van der Waals surface area contributed by atoms with Crippen LogP contribution in [0.3, 0.4) is 0 Å². The Hall–Kier alpha value is -2.63. The summed E-state index contributed by atoms with van der Waals surface area (Å²) in [6.45, 7) is 4.46. The van der Waals surface area contributed by atoms with Crippen LogP contribution in [-0.4, -0.2) is 45.3 Å². The zero-order valence-electron chi connectivity index (χ0n) is 15.3. The zero-order valence-corrected chi connectivity index (χ0v) is 15.3. The molecule has 1 fully saturated rings. The van der Waals surface area contributed by atoms with E-state index in [4.69, 9.17) is 9.98 Å². The van der Waals surface area contributed by atoms with Crippen molar-refractivity contribution in [1.82, 2.24) is 14.5 Å². The normalized spacial score (nSPS) is 24.2. The van der Waals surface area contributed by atoms with E-state index in [9.17, 15) is 4.79 Å². The molecule has 5 rings (SSSR count). The Kier molecular flexibility index (Phi) is 3.26. The molecule has 1 unspecified atom stereocenters. The number of carbonyl (C=O) groups is 1. The van der Waals surface area contributed by atoms with E-state index in [1.165, 1.54) is 11.3 Å². The van der Waals surface area contributed by atoms with Crippen LogP contribution in [0, 0.1) is 6.92 Å². The van der Waals surface area contributed by atoms with Crippen LogP contribution >= 0.6 is 0 Å². The number of nitrogens with zero attached hydrogens (tertiary/aromatic N) is 5. The Labute approximate surface area is 153 Å². The lowest BCUT2D eigenvalue weighted by Crippen LogP contribution is -2.45. The van der Waals surface area contributed by atoms with Gasteiger partial charge in [0.1, 0.15) is 11.6 Å². The van der Waals surface area contributed by atoms with Crippen molar-refractivity contribution in [2.24, 2.45) is 4.99 Å². The van der Waals surface area contributed by atoms with Crippen LogP contribution in [0.4, 0.5) is 5.82 Å². The number of Topliss-reactive ketones (excluding diaryl/α,β-unsaturated/α-hetero) is 1. The third-order valence-electron chi connectivity index (χ3n) is 5.84. The number of guanidine groups is 1. The molecule has 6 heteroatoms.